The standard InChI is InChI=1S/C14H15NO2/c1-9-2-4-10(5-3-9)13-12(16)7-6-11(8-15)14(13)17/h2-5,8,13H,6-7,15H2,1H3. The van der Waals surface area contributed by atoms with Crippen LogP contribution < -0.4 is 5.73 Å². The molecule has 1 atom stereocenters. The van der Waals surface area contributed by atoms with Gasteiger partial charge in [-0.05, 0) is 18.9 Å². The zero-order valence-electron chi connectivity index (χ0n) is 9.77. The summed E-state index contributed by atoms with van der Waals surface area (Å²) in [5.74, 6) is -0.809. The first-order valence-electron chi connectivity index (χ1n) is 5.67. The average molecular weight is 229 g/mol. The Kier molecular flexibility index (Phi) is 3.09. The van der Waals surface area contributed by atoms with Gasteiger partial charge >= 0.3 is 0 Å². The molecule has 2 rings (SSSR count). The van der Waals surface area contributed by atoms with Crippen molar-refractivity contribution in [1.82, 2.24) is 0 Å². The first-order valence-corrected chi connectivity index (χ1v) is 5.67. The van der Waals surface area contributed by atoms with Gasteiger partial charge in [-0.3, -0.25) is 9.59 Å². The van der Waals surface area contributed by atoms with E-state index in [2.05, 4.69) is 0 Å². The minimum atomic E-state index is -0.654. The second-order valence-electron chi connectivity index (χ2n) is 4.37. The fraction of sp³-hybridized carbons (Fsp3) is 0.286. The SMILES string of the molecule is Cc1ccc(C2C(=O)CCC(=CN)C2=O)cc1. The largest absolute Gasteiger partial charge is 0.404 e. The summed E-state index contributed by atoms with van der Waals surface area (Å²) >= 11 is 0. The number of carbonyl (C=O) groups is 2. The van der Waals surface area contributed by atoms with Gasteiger partial charge in [-0.25, -0.2) is 0 Å². The van der Waals surface area contributed by atoms with Crippen LogP contribution >= 0.6 is 0 Å². The summed E-state index contributed by atoms with van der Waals surface area (Å²) in [6, 6.07) is 7.51. The van der Waals surface area contributed by atoms with Gasteiger partial charge in [0.2, 0.25) is 0 Å². The predicted molar refractivity (Wildman–Crippen MR) is 65.4 cm³/mol. The molecule has 0 amide bonds. The van der Waals surface area contributed by atoms with Crippen molar-refractivity contribution >= 4 is 11.6 Å². The molecule has 3 nitrogen and oxygen atoms in total. The van der Waals surface area contributed by atoms with E-state index in [0.717, 1.165) is 11.1 Å². The smallest absolute Gasteiger partial charge is 0.175 e. The van der Waals surface area contributed by atoms with Crippen molar-refractivity contribution in [3.8, 4) is 0 Å². The van der Waals surface area contributed by atoms with Crippen LogP contribution in [0.25, 0.3) is 0 Å². The van der Waals surface area contributed by atoms with Crippen LogP contribution in [0.5, 0.6) is 0 Å². The van der Waals surface area contributed by atoms with E-state index in [0.29, 0.717) is 18.4 Å². The Labute approximate surface area is 100 Å². The highest BCUT2D eigenvalue weighted by atomic mass is 16.2. The van der Waals surface area contributed by atoms with Gasteiger partial charge in [0.25, 0.3) is 0 Å². The zero-order valence-corrected chi connectivity index (χ0v) is 9.77. The summed E-state index contributed by atoms with van der Waals surface area (Å²) < 4.78 is 0. The molecule has 1 aromatic rings. The van der Waals surface area contributed by atoms with Crippen molar-refractivity contribution in [2.75, 3.05) is 0 Å². The summed E-state index contributed by atoms with van der Waals surface area (Å²) in [6.07, 6.45) is 2.19. The number of aryl methyl sites for hydroxylation is 1. The number of benzene rings is 1. The third-order valence-electron chi connectivity index (χ3n) is 3.15. The van der Waals surface area contributed by atoms with Crippen LogP contribution in [0.4, 0.5) is 0 Å². The van der Waals surface area contributed by atoms with E-state index in [9.17, 15) is 9.59 Å². The quantitative estimate of drug-likeness (QED) is 0.590. The van der Waals surface area contributed by atoms with Gasteiger partial charge in [0.1, 0.15) is 11.7 Å². The molecule has 1 aliphatic carbocycles. The van der Waals surface area contributed by atoms with E-state index in [4.69, 9.17) is 5.73 Å². The van der Waals surface area contributed by atoms with Crippen molar-refractivity contribution in [2.24, 2.45) is 5.73 Å². The van der Waals surface area contributed by atoms with Gasteiger partial charge in [0, 0.05) is 18.2 Å². The molecule has 0 bridgehead atoms. The highest BCUT2D eigenvalue weighted by Crippen LogP contribution is 2.30. The Morgan fingerprint density at radius 3 is 2.41 bits per heavy atom. The normalized spacial score (nSPS) is 23.1. The van der Waals surface area contributed by atoms with E-state index < -0.39 is 5.92 Å². The van der Waals surface area contributed by atoms with Crippen molar-refractivity contribution < 1.29 is 9.59 Å². The van der Waals surface area contributed by atoms with Crippen LogP contribution in [0, 0.1) is 6.92 Å². The van der Waals surface area contributed by atoms with Crippen molar-refractivity contribution in [2.45, 2.75) is 25.7 Å². The average Bonchev–Trinajstić information content (AvgIpc) is 2.32. The number of hydrogen-bond acceptors (Lipinski definition) is 3. The van der Waals surface area contributed by atoms with E-state index in [1.54, 1.807) is 0 Å². The third kappa shape index (κ3) is 2.13. The van der Waals surface area contributed by atoms with Gasteiger partial charge in [-0.2, -0.15) is 0 Å². The maximum absolute atomic E-state index is 12.1. The lowest BCUT2D eigenvalue weighted by Gasteiger charge is -2.21. The lowest BCUT2D eigenvalue weighted by atomic mass is 9.79. The Morgan fingerprint density at radius 2 is 1.82 bits per heavy atom. The number of carbonyl (C=O) groups excluding carboxylic acids is 2. The molecule has 2 N–H and O–H groups in total. The monoisotopic (exact) mass is 229 g/mol. The van der Waals surface area contributed by atoms with Crippen molar-refractivity contribution in [3.05, 3.63) is 47.2 Å². The summed E-state index contributed by atoms with van der Waals surface area (Å²) in [5.41, 5.74) is 7.85. The maximum atomic E-state index is 12.1. The lowest BCUT2D eigenvalue weighted by Crippen LogP contribution is -2.29. The molecule has 0 aromatic heterocycles. The minimum absolute atomic E-state index is 0.00977. The van der Waals surface area contributed by atoms with Crippen LogP contribution in [0.2, 0.25) is 0 Å². The topological polar surface area (TPSA) is 60.2 Å². The molecule has 0 heterocycles. The van der Waals surface area contributed by atoms with Gasteiger partial charge in [0.15, 0.2) is 5.78 Å². The number of rotatable bonds is 1. The summed E-state index contributed by atoms with van der Waals surface area (Å²) in [7, 11) is 0. The molecule has 17 heavy (non-hydrogen) atoms. The molecule has 0 aliphatic heterocycles. The fourth-order valence-corrected chi connectivity index (χ4v) is 2.12. The number of Topliss-reactive ketones (excluding diaryl/α,β-unsaturated/α-hetero) is 2. The molecule has 0 radical (unpaired) electrons. The van der Waals surface area contributed by atoms with Crippen LogP contribution in [0.3, 0.4) is 0 Å². The Hall–Kier alpha value is -1.90. The Balaban J connectivity index is 2.38. The lowest BCUT2D eigenvalue weighted by molar-refractivity contribution is -0.129. The molecule has 3 heteroatoms. The van der Waals surface area contributed by atoms with Gasteiger partial charge < -0.3 is 5.73 Å². The second kappa shape index (κ2) is 4.53. The van der Waals surface area contributed by atoms with E-state index in [-0.39, 0.29) is 11.6 Å². The van der Waals surface area contributed by atoms with Gasteiger partial charge in [0.05, 0.1) is 0 Å². The fourth-order valence-electron chi connectivity index (χ4n) is 2.12. The van der Waals surface area contributed by atoms with E-state index in [1.807, 2.05) is 31.2 Å². The third-order valence-corrected chi connectivity index (χ3v) is 3.15. The molecule has 0 spiro atoms. The van der Waals surface area contributed by atoms with Crippen LogP contribution in [-0.2, 0) is 9.59 Å². The molecule has 88 valence electrons. The second-order valence-corrected chi connectivity index (χ2v) is 4.37. The molecule has 1 saturated carbocycles. The predicted octanol–water partition coefficient (Wildman–Crippen LogP) is 1.85. The van der Waals surface area contributed by atoms with Crippen LogP contribution in [0.1, 0.15) is 29.9 Å². The first kappa shape index (κ1) is 11.6. The minimum Gasteiger partial charge on any atom is -0.404 e. The molecule has 0 saturated heterocycles. The molecule has 1 unspecified atom stereocenters. The molecule has 1 aromatic carbocycles. The molecular weight excluding hydrogens is 214 g/mol. The number of nitrogens with two attached hydrogens (primary N) is 1. The van der Waals surface area contributed by atoms with Crippen molar-refractivity contribution in [3.63, 3.8) is 0 Å². The summed E-state index contributed by atoms with van der Waals surface area (Å²) in [5, 5.41) is 0. The van der Waals surface area contributed by atoms with E-state index >= 15 is 0 Å². The number of allylic oxidation sites excluding steroid dienone is 1. The number of hydrogen-bond donors (Lipinski definition) is 1. The van der Waals surface area contributed by atoms with E-state index in [1.165, 1.54) is 6.20 Å². The number of ketones is 2. The highest BCUT2D eigenvalue weighted by molar-refractivity contribution is 6.17. The molecular formula is C14H15NO2. The van der Waals surface area contributed by atoms with Crippen LogP contribution in [-0.4, -0.2) is 11.6 Å². The Bertz CT molecular complexity index is 485. The molecule has 1 aliphatic rings. The highest BCUT2D eigenvalue weighted by Gasteiger charge is 2.34. The summed E-state index contributed by atoms with van der Waals surface area (Å²) in [6.45, 7) is 1.97. The van der Waals surface area contributed by atoms with Crippen LogP contribution in [0.15, 0.2) is 36.0 Å². The van der Waals surface area contributed by atoms with Gasteiger partial charge in [-0.1, -0.05) is 29.8 Å². The maximum Gasteiger partial charge on any atom is 0.175 e. The van der Waals surface area contributed by atoms with Crippen molar-refractivity contribution in [1.29, 1.82) is 0 Å². The first-order chi connectivity index (χ1) is 8.13. The molecule has 1 fully saturated rings. The zero-order chi connectivity index (χ0) is 12.4. The van der Waals surface area contributed by atoms with Gasteiger partial charge in [-0.15, -0.1) is 0 Å². The summed E-state index contributed by atoms with van der Waals surface area (Å²) in [4.78, 5) is 23.9. The Morgan fingerprint density at radius 1 is 1.18 bits per heavy atom.